The van der Waals surface area contributed by atoms with Crippen molar-refractivity contribution in [1.29, 1.82) is 0 Å². The normalized spacial score (nSPS) is 24.9. The molecule has 0 radical (unpaired) electrons. The summed E-state index contributed by atoms with van der Waals surface area (Å²) in [6.45, 7) is 3.56. The molecule has 5 unspecified atom stereocenters. The van der Waals surface area contributed by atoms with Crippen molar-refractivity contribution in [3.63, 3.8) is 0 Å². The zero-order chi connectivity index (χ0) is 23.4. The Balaban J connectivity index is 1.52. The summed E-state index contributed by atoms with van der Waals surface area (Å²) in [6.07, 6.45) is 3.11. The van der Waals surface area contributed by atoms with E-state index >= 15 is 0 Å². The van der Waals surface area contributed by atoms with E-state index in [-0.39, 0.29) is 43.3 Å². The van der Waals surface area contributed by atoms with Crippen LogP contribution in [0.3, 0.4) is 0 Å². The summed E-state index contributed by atoms with van der Waals surface area (Å²) >= 11 is 2.17. The molecule has 2 fully saturated rings. The van der Waals surface area contributed by atoms with Gasteiger partial charge in [0.1, 0.15) is 0 Å². The van der Waals surface area contributed by atoms with Crippen LogP contribution < -0.4 is 21.0 Å². The molecule has 32 heavy (non-hydrogen) atoms. The number of thioether (sulfide) groups is 1. The van der Waals surface area contributed by atoms with Crippen LogP contribution in [0.2, 0.25) is 0 Å². The molecule has 182 valence electrons. The number of hydrogen-bond acceptors (Lipinski definition) is 7. The molecule has 0 saturated carbocycles. The van der Waals surface area contributed by atoms with Crippen molar-refractivity contribution in [3.05, 3.63) is 0 Å². The molecule has 2 heterocycles. The Morgan fingerprint density at radius 2 is 2.16 bits per heavy atom. The van der Waals surface area contributed by atoms with Gasteiger partial charge in [-0.2, -0.15) is 0 Å². The first-order valence-corrected chi connectivity index (χ1v) is 15.4. The fourth-order valence-corrected chi connectivity index (χ4v) is 7.02. The molecule has 2 aliphatic heterocycles. The third-order valence-electron chi connectivity index (χ3n) is 5.28. The maximum atomic E-state index is 12.1. The van der Waals surface area contributed by atoms with E-state index in [2.05, 4.69) is 21.0 Å². The van der Waals surface area contributed by atoms with Gasteiger partial charge in [0.25, 0.3) is 0 Å². The van der Waals surface area contributed by atoms with Crippen LogP contribution in [0.5, 0.6) is 0 Å². The van der Waals surface area contributed by atoms with E-state index in [1.54, 1.807) is 0 Å². The quantitative estimate of drug-likeness (QED) is 0.0637. The molecule has 2 saturated heterocycles. The predicted octanol–water partition coefficient (Wildman–Crippen LogP) is 0.430. The Labute approximate surface area is 210 Å². The molecule has 0 bridgehead atoms. The number of carbonyl (C=O) groups excluding carboxylic acids is 2. The van der Waals surface area contributed by atoms with Crippen molar-refractivity contribution in [2.45, 2.75) is 62.5 Å². The zero-order valence-corrected chi connectivity index (χ0v) is 24.6. The molecular weight excluding hydrogens is 652 g/mol. The van der Waals surface area contributed by atoms with Gasteiger partial charge in [0, 0.05) is 0 Å². The van der Waals surface area contributed by atoms with Crippen LogP contribution >= 0.6 is 19.5 Å². The van der Waals surface area contributed by atoms with Crippen LogP contribution in [0.15, 0.2) is 0 Å². The minimum absolute atomic E-state index is 0.00211. The fourth-order valence-electron chi connectivity index (χ4n) is 3.61. The first-order chi connectivity index (χ1) is 15.3. The third kappa shape index (κ3) is 10.5. The summed E-state index contributed by atoms with van der Waals surface area (Å²) in [5.74, 6) is 0.920. The van der Waals surface area contributed by atoms with Crippen molar-refractivity contribution in [2.75, 3.05) is 38.7 Å². The van der Waals surface area contributed by atoms with Crippen molar-refractivity contribution >= 4 is 57.7 Å². The second-order valence-electron chi connectivity index (χ2n) is 7.66. The number of ether oxygens (including phenoxy) is 1. The summed E-state index contributed by atoms with van der Waals surface area (Å²) < 4.78 is 27.6. The fraction of sp³-hybridized carbons (Fsp3) is 0.889. The SMILES string of the molecule is CCOCCNP(=O)(O)OCCC(CCNC(=O)CCCC1SCC2NC(=O)NC21)[O][Tl]. The van der Waals surface area contributed by atoms with Crippen molar-refractivity contribution in [3.8, 4) is 0 Å². The molecule has 0 spiro atoms. The number of carbonyl (C=O) groups is 2. The second kappa shape index (κ2) is 15.1. The first-order valence-electron chi connectivity index (χ1n) is 11.0. The van der Waals surface area contributed by atoms with Gasteiger partial charge in [-0.1, -0.05) is 0 Å². The van der Waals surface area contributed by atoms with Crippen molar-refractivity contribution in [2.24, 2.45) is 0 Å². The monoisotopic (exact) mass is 686 g/mol. The van der Waals surface area contributed by atoms with E-state index in [1.807, 2.05) is 18.7 Å². The molecule has 5 atom stereocenters. The van der Waals surface area contributed by atoms with Gasteiger partial charge >= 0.3 is 201 Å². The summed E-state index contributed by atoms with van der Waals surface area (Å²) in [5, 5.41) is 11.6. The molecule has 0 aromatic rings. The topological polar surface area (TPSA) is 147 Å². The van der Waals surface area contributed by atoms with Gasteiger partial charge in [-0.25, -0.2) is 4.79 Å². The van der Waals surface area contributed by atoms with Crippen LogP contribution in [0, 0.1) is 0 Å². The predicted molar refractivity (Wildman–Crippen MR) is 122 cm³/mol. The van der Waals surface area contributed by atoms with E-state index in [0.717, 1.165) is 18.6 Å². The van der Waals surface area contributed by atoms with E-state index in [0.29, 0.717) is 70.5 Å². The van der Waals surface area contributed by atoms with E-state index in [9.17, 15) is 19.0 Å². The summed E-state index contributed by atoms with van der Waals surface area (Å²) in [6, 6.07) is 0.278. The van der Waals surface area contributed by atoms with Crippen molar-refractivity contribution < 1.29 is 31.0 Å². The standard InChI is InChI=1S/C18H34N4O7PS.Tl/c1-2-28-11-9-20-30(26,27)29-10-7-13(23)6-8-19-16(24)5-3-4-15-17-14(12-31-15)21-18(25)22-17;/h13-15,17H,2-12H2,1H3,(H,19,24)(H2,20,26,27)(H2,21,22,25);/q-1;+1. The van der Waals surface area contributed by atoms with Gasteiger partial charge < -0.3 is 5.32 Å². The van der Waals surface area contributed by atoms with Gasteiger partial charge in [0.15, 0.2) is 0 Å². The minimum atomic E-state index is -3.84. The molecular formula is C18H34N4O7PSTl. The van der Waals surface area contributed by atoms with Gasteiger partial charge in [0.05, 0.1) is 0 Å². The average molecular weight is 686 g/mol. The molecule has 0 aromatic carbocycles. The molecule has 2 aliphatic rings. The van der Waals surface area contributed by atoms with Gasteiger partial charge in [0.2, 0.25) is 0 Å². The van der Waals surface area contributed by atoms with Crippen LogP contribution in [0.4, 0.5) is 4.79 Å². The van der Waals surface area contributed by atoms with Crippen molar-refractivity contribution in [1.82, 2.24) is 21.0 Å². The summed E-state index contributed by atoms with van der Waals surface area (Å²) in [4.78, 5) is 33.3. The Hall–Kier alpha value is 0.0421. The van der Waals surface area contributed by atoms with Crippen LogP contribution in [-0.2, 0) is 21.3 Å². The summed E-state index contributed by atoms with van der Waals surface area (Å²) in [7, 11) is -3.84. The van der Waals surface area contributed by atoms with E-state index < -0.39 is 7.75 Å². The number of fused-ring (bicyclic) bond motifs is 1. The summed E-state index contributed by atoms with van der Waals surface area (Å²) in [5.41, 5.74) is 0. The number of amides is 3. The number of nitrogens with one attached hydrogen (secondary N) is 4. The molecule has 14 heteroatoms. The number of rotatable bonds is 17. The number of hydrogen-bond donors (Lipinski definition) is 5. The molecule has 0 aromatic heterocycles. The Kier molecular flexibility index (Phi) is 13.4. The Morgan fingerprint density at radius 3 is 2.91 bits per heavy atom. The van der Waals surface area contributed by atoms with E-state index in [4.69, 9.17) is 11.9 Å². The van der Waals surface area contributed by atoms with Gasteiger partial charge in [-0.15, -0.1) is 0 Å². The van der Waals surface area contributed by atoms with Gasteiger partial charge in [-0.05, 0) is 0 Å². The Morgan fingerprint density at radius 1 is 1.34 bits per heavy atom. The second-order valence-corrected chi connectivity index (χ2v) is 11.6. The van der Waals surface area contributed by atoms with Crippen LogP contribution in [0.25, 0.3) is 0 Å². The zero-order valence-electron chi connectivity index (χ0n) is 18.4. The van der Waals surface area contributed by atoms with Crippen LogP contribution in [0.1, 0.15) is 39.0 Å². The van der Waals surface area contributed by atoms with E-state index in [1.165, 1.54) is 0 Å². The molecule has 2 rings (SSSR count). The molecule has 11 nitrogen and oxygen atoms in total. The average Bonchev–Trinajstić information content (AvgIpc) is 3.29. The maximum absolute atomic E-state index is 12.1. The van der Waals surface area contributed by atoms with Gasteiger partial charge in [-0.3, -0.25) is 0 Å². The number of urea groups is 1. The Bertz CT molecular complexity index is 650. The third-order valence-corrected chi connectivity index (χ3v) is 9.44. The molecule has 3 amide bonds. The van der Waals surface area contributed by atoms with Crippen LogP contribution in [-0.4, -0.2) is 105 Å². The molecule has 5 N–H and O–H groups in total. The first kappa shape index (κ1) is 28.3. The molecule has 0 aliphatic carbocycles.